The molecular formula is C8H6O4. The summed E-state index contributed by atoms with van der Waals surface area (Å²) in [6, 6.07) is 5.48. The van der Waals surface area contributed by atoms with E-state index in [4.69, 9.17) is 10.2 Å². The van der Waals surface area contributed by atoms with Gasteiger partial charge in [0.2, 0.25) is 0 Å². The lowest BCUT2D eigenvalue weighted by atomic mass is 10.8. The topological polar surface area (TPSA) is 74.6 Å². The zero-order chi connectivity index (χ0) is 9.14. The highest BCUT2D eigenvalue weighted by molar-refractivity contribution is 6.01. The summed E-state index contributed by atoms with van der Waals surface area (Å²) in [5.41, 5.74) is -0.380. The molecule has 1 aromatic rings. The van der Waals surface area contributed by atoms with E-state index in [1.165, 1.54) is 24.3 Å². The molecule has 0 saturated carbocycles. The minimum absolute atomic E-state index is 0.190. The summed E-state index contributed by atoms with van der Waals surface area (Å²) in [6.07, 6.45) is 0. The molecule has 0 atom stereocenters. The molecule has 0 aliphatic rings. The lowest BCUT2D eigenvalue weighted by molar-refractivity contribution is 0.0651. The summed E-state index contributed by atoms with van der Waals surface area (Å²) in [5.74, 6) is -2.46. The largest absolute Gasteiger partial charge is 0.478 e. The molecule has 0 aliphatic heterocycles. The monoisotopic (exact) mass is 172 g/mol. The Balaban J connectivity index is 3.27. The van der Waals surface area contributed by atoms with Crippen LogP contribution in [0.4, 0.5) is 0 Å². The van der Waals surface area contributed by atoms with Crippen molar-refractivity contribution in [3.8, 4) is 0 Å². The predicted octanol–water partition coefficient (Wildman–Crippen LogP) is 1.08. The van der Waals surface area contributed by atoms with Gasteiger partial charge in [-0.15, -0.1) is 0 Å². The number of aromatic carboxylic acids is 2. The highest BCUT2D eigenvalue weighted by Gasteiger charge is 2.13. The van der Waals surface area contributed by atoms with E-state index in [0.29, 0.717) is 0 Å². The molecule has 0 saturated heterocycles. The van der Waals surface area contributed by atoms with Crippen LogP contribution < -0.4 is 0 Å². The van der Waals surface area contributed by atoms with Crippen molar-refractivity contribution >= 4 is 11.9 Å². The molecule has 12 heavy (non-hydrogen) atoms. The Kier molecular flexibility index (Phi) is 2.09. The van der Waals surface area contributed by atoms with Gasteiger partial charge in [0.1, 0.15) is 0 Å². The van der Waals surface area contributed by atoms with Gasteiger partial charge in [-0.05, 0) is 12.1 Å². The van der Waals surface area contributed by atoms with Gasteiger partial charge in [-0.1, -0.05) is 12.1 Å². The van der Waals surface area contributed by atoms with Crippen molar-refractivity contribution in [2.24, 2.45) is 0 Å². The number of carboxylic acid groups (broad SMARTS) is 2. The first kappa shape index (κ1) is 8.26. The molecule has 62 valence electrons. The van der Waals surface area contributed by atoms with E-state index < -0.39 is 11.9 Å². The molecule has 0 amide bonds. The molecule has 4 nitrogen and oxygen atoms in total. The van der Waals surface area contributed by atoms with Gasteiger partial charge >= 0.3 is 11.9 Å². The maximum absolute atomic E-state index is 10.5. The van der Waals surface area contributed by atoms with E-state index in [1.54, 1.807) is 0 Å². The molecule has 0 radical (unpaired) electrons. The van der Waals surface area contributed by atoms with Gasteiger partial charge in [0, 0.05) is 0 Å². The number of hydrogen-bond acceptors (Lipinski definition) is 2. The van der Waals surface area contributed by atoms with Gasteiger partial charge < -0.3 is 10.2 Å². The molecule has 0 spiro atoms. The predicted molar refractivity (Wildman–Crippen MR) is 40.4 cm³/mol. The van der Waals surface area contributed by atoms with Crippen LogP contribution in [0.2, 0.25) is 0 Å². The van der Waals surface area contributed by atoms with Crippen LogP contribution in [0.1, 0.15) is 20.7 Å². The average Bonchev–Trinajstić information content (AvgIpc) is 2.04. The van der Waals surface area contributed by atoms with Crippen molar-refractivity contribution in [1.82, 2.24) is 0 Å². The van der Waals surface area contributed by atoms with Crippen LogP contribution in [-0.2, 0) is 0 Å². The fourth-order valence-corrected chi connectivity index (χ4v) is 0.856. The van der Waals surface area contributed by atoms with E-state index >= 15 is 0 Å². The lowest BCUT2D eigenvalue weighted by Crippen LogP contribution is -2.06. The Morgan fingerprint density at radius 2 is 1.25 bits per heavy atom. The van der Waals surface area contributed by atoms with E-state index in [-0.39, 0.29) is 11.1 Å². The number of rotatable bonds is 2. The average molecular weight is 172 g/mol. The van der Waals surface area contributed by atoms with Crippen molar-refractivity contribution in [2.75, 3.05) is 0 Å². The van der Waals surface area contributed by atoms with Crippen LogP contribution in [0, 0.1) is 0 Å². The maximum atomic E-state index is 10.5. The first-order valence-corrected chi connectivity index (χ1v) is 3.18. The highest BCUT2D eigenvalue weighted by Crippen LogP contribution is 2.07. The molecule has 0 fully saturated rings. The Hall–Kier alpha value is -1.84. The summed E-state index contributed by atoms with van der Waals surface area (Å²) in [4.78, 5) is 20.9. The second-order valence-corrected chi connectivity index (χ2v) is 2.16. The molecule has 1 rings (SSSR count). The summed E-state index contributed by atoms with van der Waals surface area (Å²) in [5, 5.41) is 17.1. The zero-order valence-corrected chi connectivity index (χ0v) is 6.02. The number of hydrogen-bond donors (Lipinski definition) is 2. The number of carboxylic acids is 2. The Labute approximate surface area is 68.1 Å². The molecule has 0 unspecified atom stereocenters. The minimum Gasteiger partial charge on any atom is -0.478 e. The first-order chi connectivity index (χ1) is 5.63. The highest BCUT2D eigenvalue weighted by atomic mass is 16.4. The second-order valence-electron chi connectivity index (χ2n) is 2.16. The number of carbonyl (C=O) groups is 2. The Morgan fingerprint density at radius 3 is 1.50 bits per heavy atom. The maximum Gasteiger partial charge on any atom is 0.336 e. The molecule has 0 bridgehead atoms. The second kappa shape index (κ2) is 3.04. The summed E-state index contributed by atoms with van der Waals surface area (Å²) < 4.78 is 0. The summed E-state index contributed by atoms with van der Waals surface area (Å²) >= 11 is 0. The smallest absolute Gasteiger partial charge is 0.336 e. The van der Waals surface area contributed by atoms with E-state index in [9.17, 15) is 9.59 Å². The van der Waals surface area contributed by atoms with Gasteiger partial charge in [-0.25, -0.2) is 9.59 Å². The molecule has 4 heteroatoms. The van der Waals surface area contributed by atoms with Gasteiger partial charge in [0.25, 0.3) is 0 Å². The summed E-state index contributed by atoms with van der Waals surface area (Å²) in [6.45, 7) is 0. The fraction of sp³-hybridized carbons (Fsp3) is 0. The third-order valence-electron chi connectivity index (χ3n) is 1.39. The minimum atomic E-state index is -1.23. The zero-order valence-electron chi connectivity index (χ0n) is 6.02. The molecule has 0 aromatic heterocycles. The van der Waals surface area contributed by atoms with Crippen molar-refractivity contribution in [3.05, 3.63) is 35.4 Å². The SMILES string of the molecule is O=C(O)[13c]1[13cH][13cH][13cH][13cH][13c]1C(=O)O. The standard InChI is InChI=1S/C8H6O4/c9-7(10)5-3-1-2-4-6(5)8(11)12/h1-4H,(H,9,10)(H,11,12)/i1+1,2+1,3+1,4+1,5+1,6+1. The van der Waals surface area contributed by atoms with Crippen LogP contribution in [0.5, 0.6) is 0 Å². The molecule has 1 aromatic carbocycles. The van der Waals surface area contributed by atoms with Crippen molar-refractivity contribution < 1.29 is 19.8 Å². The van der Waals surface area contributed by atoms with Crippen LogP contribution in [0.25, 0.3) is 0 Å². The van der Waals surface area contributed by atoms with Crippen LogP contribution in [-0.4, -0.2) is 22.2 Å². The van der Waals surface area contributed by atoms with Gasteiger partial charge in [0.05, 0.1) is 11.1 Å². The van der Waals surface area contributed by atoms with Crippen molar-refractivity contribution in [3.63, 3.8) is 0 Å². The first-order valence-electron chi connectivity index (χ1n) is 3.18. The third-order valence-corrected chi connectivity index (χ3v) is 1.39. The van der Waals surface area contributed by atoms with E-state index in [2.05, 4.69) is 0 Å². The molecular weight excluding hydrogens is 166 g/mol. The third kappa shape index (κ3) is 1.42. The van der Waals surface area contributed by atoms with Crippen LogP contribution in [0.15, 0.2) is 24.3 Å². The quantitative estimate of drug-likeness (QED) is 0.699. The summed E-state index contributed by atoms with van der Waals surface area (Å²) in [7, 11) is 0. The van der Waals surface area contributed by atoms with Gasteiger partial charge in [-0.2, -0.15) is 0 Å². The van der Waals surface area contributed by atoms with Crippen LogP contribution in [0.3, 0.4) is 0 Å². The number of benzene rings is 1. The Bertz CT molecular complexity index is 297. The molecule has 0 aliphatic carbocycles. The van der Waals surface area contributed by atoms with Gasteiger partial charge in [-0.3, -0.25) is 0 Å². The van der Waals surface area contributed by atoms with Crippen molar-refractivity contribution in [1.29, 1.82) is 0 Å². The van der Waals surface area contributed by atoms with E-state index in [1.807, 2.05) is 0 Å². The normalized spacial score (nSPS) is 9.33. The lowest BCUT2D eigenvalue weighted by Gasteiger charge is -1.98. The fourth-order valence-electron chi connectivity index (χ4n) is 0.856. The van der Waals surface area contributed by atoms with E-state index in [0.717, 1.165) is 0 Å². The Morgan fingerprint density at radius 1 is 0.917 bits per heavy atom. The van der Waals surface area contributed by atoms with Gasteiger partial charge in [0.15, 0.2) is 0 Å². The van der Waals surface area contributed by atoms with Crippen molar-refractivity contribution in [2.45, 2.75) is 0 Å². The molecule has 0 heterocycles. The molecule has 2 N–H and O–H groups in total. The van der Waals surface area contributed by atoms with Crippen LogP contribution >= 0.6 is 0 Å².